The van der Waals surface area contributed by atoms with Crippen molar-refractivity contribution in [3.8, 4) is 5.75 Å². The molecule has 0 spiro atoms. The maximum atomic E-state index is 11.0. The van der Waals surface area contributed by atoms with Gasteiger partial charge < -0.3 is 14.4 Å². The fourth-order valence-corrected chi connectivity index (χ4v) is 1.65. The number of hydrogen-bond acceptors (Lipinski definition) is 4. The molecule has 5 heteroatoms. The number of carbonyl (C=O) groups is 1. The van der Waals surface area contributed by atoms with Crippen LogP contribution in [0.1, 0.15) is 27.4 Å². The standard InChI is InChI=1S/C13H13NO4/c1-8-5-3-4-6-10(8)17-7-11-12(13(15)16)9(2)14-18-11/h3-6H,7H2,1-2H3,(H,15,16). The molecule has 0 aliphatic rings. The van der Waals surface area contributed by atoms with Crippen LogP contribution in [-0.4, -0.2) is 16.2 Å². The first-order chi connectivity index (χ1) is 8.59. The van der Waals surface area contributed by atoms with Gasteiger partial charge in [-0.15, -0.1) is 0 Å². The van der Waals surface area contributed by atoms with Crippen molar-refractivity contribution in [2.75, 3.05) is 0 Å². The van der Waals surface area contributed by atoms with E-state index in [1.165, 1.54) is 0 Å². The number of benzene rings is 1. The lowest BCUT2D eigenvalue weighted by atomic mass is 10.2. The third kappa shape index (κ3) is 2.34. The second-order valence-corrected chi connectivity index (χ2v) is 3.93. The SMILES string of the molecule is Cc1ccccc1OCc1onc(C)c1C(=O)O. The van der Waals surface area contributed by atoms with Gasteiger partial charge >= 0.3 is 5.97 Å². The Morgan fingerprint density at radius 2 is 2.11 bits per heavy atom. The molecular weight excluding hydrogens is 234 g/mol. The largest absolute Gasteiger partial charge is 0.485 e. The molecule has 0 bridgehead atoms. The molecule has 1 aromatic carbocycles. The van der Waals surface area contributed by atoms with E-state index in [9.17, 15) is 4.79 Å². The van der Waals surface area contributed by atoms with Crippen LogP contribution in [0.3, 0.4) is 0 Å². The summed E-state index contributed by atoms with van der Waals surface area (Å²) in [7, 11) is 0. The first-order valence-electron chi connectivity index (χ1n) is 5.46. The van der Waals surface area contributed by atoms with E-state index in [2.05, 4.69) is 5.16 Å². The third-order valence-electron chi connectivity index (χ3n) is 2.60. The molecule has 0 amide bonds. The lowest BCUT2D eigenvalue weighted by Gasteiger charge is -2.06. The number of para-hydroxylation sites is 1. The van der Waals surface area contributed by atoms with E-state index in [-0.39, 0.29) is 17.9 Å². The van der Waals surface area contributed by atoms with Crippen LogP contribution in [0.4, 0.5) is 0 Å². The topological polar surface area (TPSA) is 72.6 Å². The predicted molar refractivity (Wildman–Crippen MR) is 63.7 cm³/mol. The molecule has 1 N–H and O–H groups in total. The third-order valence-corrected chi connectivity index (χ3v) is 2.60. The minimum absolute atomic E-state index is 0.0489. The van der Waals surface area contributed by atoms with E-state index < -0.39 is 5.97 Å². The molecule has 0 aliphatic heterocycles. The van der Waals surface area contributed by atoms with Gasteiger partial charge in [-0.2, -0.15) is 0 Å². The van der Waals surface area contributed by atoms with E-state index >= 15 is 0 Å². The Balaban J connectivity index is 2.16. The second-order valence-electron chi connectivity index (χ2n) is 3.93. The summed E-state index contributed by atoms with van der Waals surface area (Å²) in [4.78, 5) is 11.0. The van der Waals surface area contributed by atoms with Gasteiger partial charge in [-0.3, -0.25) is 0 Å². The highest BCUT2D eigenvalue weighted by molar-refractivity contribution is 5.89. The van der Waals surface area contributed by atoms with Gasteiger partial charge in [0.05, 0.1) is 5.69 Å². The van der Waals surface area contributed by atoms with Crippen molar-refractivity contribution in [2.45, 2.75) is 20.5 Å². The van der Waals surface area contributed by atoms with Crippen molar-refractivity contribution in [2.24, 2.45) is 0 Å². The van der Waals surface area contributed by atoms with E-state index in [0.29, 0.717) is 11.4 Å². The molecule has 0 saturated heterocycles. The summed E-state index contributed by atoms with van der Waals surface area (Å²) in [6, 6.07) is 7.49. The van der Waals surface area contributed by atoms with Gasteiger partial charge in [0, 0.05) is 0 Å². The van der Waals surface area contributed by atoms with Gasteiger partial charge in [0.25, 0.3) is 0 Å². The van der Waals surface area contributed by atoms with Crippen LogP contribution >= 0.6 is 0 Å². The lowest BCUT2D eigenvalue weighted by molar-refractivity contribution is 0.0691. The molecule has 0 fully saturated rings. The van der Waals surface area contributed by atoms with Crippen LogP contribution in [0.5, 0.6) is 5.75 Å². The Hall–Kier alpha value is -2.30. The monoisotopic (exact) mass is 247 g/mol. The molecule has 0 unspecified atom stereocenters. The van der Waals surface area contributed by atoms with Crippen molar-refractivity contribution >= 4 is 5.97 Å². The Bertz CT molecular complexity index is 574. The molecule has 2 aromatic rings. The summed E-state index contributed by atoms with van der Waals surface area (Å²) in [6.45, 7) is 3.55. The average molecular weight is 247 g/mol. The van der Waals surface area contributed by atoms with Crippen LogP contribution in [0.15, 0.2) is 28.8 Å². The zero-order valence-corrected chi connectivity index (χ0v) is 10.1. The smallest absolute Gasteiger partial charge is 0.341 e. The summed E-state index contributed by atoms with van der Waals surface area (Å²) in [6.07, 6.45) is 0. The van der Waals surface area contributed by atoms with Crippen molar-refractivity contribution in [1.29, 1.82) is 0 Å². The number of carboxylic acids is 1. The Morgan fingerprint density at radius 1 is 1.39 bits per heavy atom. The highest BCUT2D eigenvalue weighted by atomic mass is 16.5. The van der Waals surface area contributed by atoms with Crippen molar-refractivity contribution in [1.82, 2.24) is 5.16 Å². The van der Waals surface area contributed by atoms with Gasteiger partial charge in [0.2, 0.25) is 0 Å². The number of hydrogen-bond donors (Lipinski definition) is 1. The normalized spacial score (nSPS) is 10.3. The summed E-state index contributed by atoms with van der Waals surface area (Å²) >= 11 is 0. The zero-order chi connectivity index (χ0) is 13.1. The number of aromatic nitrogens is 1. The first-order valence-corrected chi connectivity index (χ1v) is 5.46. The Kier molecular flexibility index (Phi) is 3.32. The van der Waals surface area contributed by atoms with Crippen molar-refractivity contribution in [3.05, 3.63) is 46.8 Å². The highest BCUT2D eigenvalue weighted by Crippen LogP contribution is 2.20. The molecule has 0 saturated carbocycles. The summed E-state index contributed by atoms with van der Waals surface area (Å²) in [5, 5.41) is 12.7. The van der Waals surface area contributed by atoms with Crippen LogP contribution in [0.25, 0.3) is 0 Å². The number of rotatable bonds is 4. The summed E-state index contributed by atoms with van der Waals surface area (Å²) in [5.41, 5.74) is 1.40. The zero-order valence-electron chi connectivity index (χ0n) is 10.1. The van der Waals surface area contributed by atoms with E-state index in [4.69, 9.17) is 14.4 Å². The van der Waals surface area contributed by atoms with Crippen LogP contribution in [0.2, 0.25) is 0 Å². The summed E-state index contributed by atoms with van der Waals surface area (Å²) < 4.78 is 10.5. The van der Waals surface area contributed by atoms with Gasteiger partial charge in [-0.05, 0) is 25.5 Å². The average Bonchev–Trinajstić information content (AvgIpc) is 2.69. The van der Waals surface area contributed by atoms with Crippen LogP contribution in [-0.2, 0) is 6.61 Å². The van der Waals surface area contributed by atoms with Crippen molar-refractivity contribution in [3.63, 3.8) is 0 Å². The number of nitrogens with zero attached hydrogens (tertiary/aromatic N) is 1. The number of aromatic carboxylic acids is 1. The quantitative estimate of drug-likeness (QED) is 0.898. The maximum absolute atomic E-state index is 11.0. The molecule has 94 valence electrons. The molecule has 0 radical (unpaired) electrons. The molecule has 0 aliphatic carbocycles. The van der Waals surface area contributed by atoms with Crippen molar-refractivity contribution < 1.29 is 19.2 Å². The lowest BCUT2D eigenvalue weighted by Crippen LogP contribution is -2.04. The predicted octanol–water partition coefficient (Wildman–Crippen LogP) is 2.57. The van der Waals surface area contributed by atoms with Crippen LogP contribution < -0.4 is 4.74 Å². The van der Waals surface area contributed by atoms with E-state index in [1.807, 2.05) is 31.2 Å². The minimum Gasteiger partial charge on any atom is -0.485 e. The highest BCUT2D eigenvalue weighted by Gasteiger charge is 2.20. The van der Waals surface area contributed by atoms with Gasteiger partial charge in [0.15, 0.2) is 5.76 Å². The molecule has 2 rings (SSSR count). The number of carboxylic acid groups (broad SMARTS) is 1. The van der Waals surface area contributed by atoms with E-state index in [1.54, 1.807) is 6.92 Å². The number of aryl methyl sites for hydroxylation is 2. The van der Waals surface area contributed by atoms with E-state index in [0.717, 1.165) is 5.56 Å². The molecule has 18 heavy (non-hydrogen) atoms. The molecule has 1 heterocycles. The fourth-order valence-electron chi connectivity index (χ4n) is 1.65. The molecule has 0 atom stereocenters. The number of ether oxygens (including phenoxy) is 1. The minimum atomic E-state index is -1.06. The molecule has 1 aromatic heterocycles. The Labute approximate surface area is 104 Å². The first kappa shape index (κ1) is 12.2. The fraction of sp³-hybridized carbons (Fsp3) is 0.231. The van der Waals surface area contributed by atoms with Gasteiger partial charge in [0.1, 0.15) is 17.9 Å². The Morgan fingerprint density at radius 3 is 2.78 bits per heavy atom. The molecule has 5 nitrogen and oxygen atoms in total. The van der Waals surface area contributed by atoms with Crippen LogP contribution in [0, 0.1) is 13.8 Å². The van der Waals surface area contributed by atoms with Gasteiger partial charge in [-0.25, -0.2) is 4.79 Å². The van der Waals surface area contributed by atoms with Gasteiger partial charge in [-0.1, -0.05) is 23.4 Å². The molecular formula is C13H13NO4. The maximum Gasteiger partial charge on any atom is 0.341 e. The second kappa shape index (κ2) is 4.91. The summed E-state index contributed by atoms with van der Waals surface area (Å²) in [5.74, 6) is -0.136.